The minimum atomic E-state index is -3.07. The lowest BCUT2D eigenvalue weighted by Gasteiger charge is -2.27. The van der Waals surface area contributed by atoms with E-state index in [-0.39, 0.29) is 0 Å². The topological polar surface area (TPSA) is 52.6 Å². The molecule has 4 nitrogen and oxygen atoms in total. The molecule has 2 aromatic rings. The molecule has 0 saturated carbocycles. The van der Waals surface area contributed by atoms with Crippen molar-refractivity contribution in [3.63, 3.8) is 0 Å². The molecular formula is C20H17Cl2FO4. The third kappa shape index (κ3) is 4.67. The van der Waals surface area contributed by atoms with Crippen LogP contribution in [0.25, 0.3) is 6.08 Å². The van der Waals surface area contributed by atoms with Crippen molar-refractivity contribution >= 4 is 41.2 Å². The van der Waals surface area contributed by atoms with E-state index in [9.17, 15) is 9.59 Å². The standard InChI is InChI=1S/C20H17Cl2FO4/c1-26-18(24)20(23,19(25)27-2)17(14-6-10-16(22)11-7-14)12-5-13-3-8-15(21)9-4-13/h3-12,17H,1-2H3/b12-5+. The molecule has 0 bridgehead atoms. The fourth-order valence-electron chi connectivity index (χ4n) is 2.56. The van der Waals surface area contributed by atoms with Crippen LogP contribution in [0.4, 0.5) is 4.39 Å². The Morgan fingerprint density at radius 3 is 1.81 bits per heavy atom. The van der Waals surface area contributed by atoms with E-state index in [1.807, 2.05) is 0 Å². The second-order valence-corrected chi connectivity index (χ2v) is 6.51. The number of hydrogen-bond acceptors (Lipinski definition) is 4. The van der Waals surface area contributed by atoms with Crippen molar-refractivity contribution in [3.05, 3.63) is 75.8 Å². The molecule has 27 heavy (non-hydrogen) atoms. The van der Waals surface area contributed by atoms with Gasteiger partial charge in [0.05, 0.1) is 20.1 Å². The zero-order chi connectivity index (χ0) is 20.0. The Labute approximate surface area is 166 Å². The number of alkyl halides is 1. The Balaban J connectivity index is 2.56. The molecule has 0 saturated heterocycles. The molecule has 0 aliphatic carbocycles. The van der Waals surface area contributed by atoms with Crippen molar-refractivity contribution in [2.45, 2.75) is 11.6 Å². The van der Waals surface area contributed by atoms with Gasteiger partial charge in [-0.25, -0.2) is 14.0 Å². The summed E-state index contributed by atoms with van der Waals surface area (Å²) in [6, 6.07) is 12.9. The van der Waals surface area contributed by atoms with Gasteiger partial charge in [-0.1, -0.05) is 59.6 Å². The zero-order valence-electron chi connectivity index (χ0n) is 14.6. The summed E-state index contributed by atoms with van der Waals surface area (Å²) in [5.74, 6) is -4.00. The Morgan fingerprint density at radius 2 is 1.37 bits per heavy atom. The van der Waals surface area contributed by atoms with E-state index in [0.717, 1.165) is 14.2 Å². The molecule has 0 N–H and O–H groups in total. The Morgan fingerprint density at radius 1 is 0.926 bits per heavy atom. The summed E-state index contributed by atoms with van der Waals surface area (Å²) in [5.41, 5.74) is -2.02. The molecule has 0 spiro atoms. The smallest absolute Gasteiger partial charge is 0.356 e. The molecule has 0 radical (unpaired) electrons. The average molecular weight is 411 g/mol. The molecule has 0 aromatic heterocycles. The van der Waals surface area contributed by atoms with Gasteiger partial charge in [-0.2, -0.15) is 0 Å². The number of allylic oxidation sites excluding steroid dienone is 1. The highest BCUT2D eigenvalue weighted by atomic mass is 35.5. The number of esters is 2. The van der Waals surface area contributed by atoms with Crippen LogP contribution in [0.5, 0.6) is 0 Å². The molecule has 142 valence electrons. The maximum absolute atomic E-state index is 15.7. The van der Waals surface area contributed by atoms with Crippen LogP contribution in [0.2, 0.25) is 10.0 Å². The molecular weight excluding hydrogens is 394 g/mol. The van der Waals surface area contributed by atoms with Crippen LogP contribution in [-0.4, -0.2) is 31.8 Å². The van der Waals surface area contributed by atoms with E-state index < -0.39 is 23.5 Å². The van der Waals surface area contributed by atoms with Crippen molar-refractivity contribution in [3.8, 4) is 0 Å². The predicted octanol–water partition coefficient (Wildman–Crippen LogP) is 4.84. The van der Waals surface area contributed by atoms with Crippen LogP contribution >= 0.6 is 23.2 Å². The van der Waals surface area contributed by atoms with Gasteiger partial charge in [-0.05, 0) is 35.4 Å². The molecule has 0 amide bonds. The third-order valence-electron chi connectivity index (χ3n) is 3.97. The Bertz CT molecular complexity index is 816. The molecule has 1 atom stereocenters. The highest BCUT2D eigenvalue weighted by Gasteiger charge is 2.55. The first-order valence-electron chi connectivity index (χ1n) is 7.88. The van der Waals surface area contributed by atoms with E-state index in [0.29, 0.717) is 21.2 Å². The molecule has 0 aliphatic heterocycles. The van der Waals surface area contributed by atoms with Crippen molar-refractivity contribution < 1.29 is 23.5 Å². The zero-order valence-corrected chi connectivity index (χ0v) is 16.1. The Hall–Kier alpha value is -2.37. The number of rotatable bonds is 6. The predicted molar refractivity (Wildman–Crippen MR) is 103 cm³/mol. The van der Waals surface area contributed by atoms with Crippen molar-refractivity contribution in [2.24, 2.45) is 0 Å². The third-order valence-corrected chi connectivity index (χ3v) is 4.48. The summed E-state index contributed by atoms with van der Waals surface area (Å²) in [5, 5.41) is 0.977. The summed E-state index contributed by atoms with van der Waals surface area (Å²) in [4.78, 5) is 24.4. The quantitative estimate of drug-likeness (QED) is 0.504. The summed E-state index contributed by atoms with van der Waals surface area (Å²) < 4.78 is 24.8. The second-order valence-electron chi connectivity index (χ2n) is 5.63. The first kappa shape index (κ1) is 20.9. The summed E-state index contributed by atoms with van der Waals surface area (Å²) in [6.45, 7) is 0. The van der Waals surface area contributed by atoms with E-state index in [1.54, 1.807) is 30.3 Å². The maximum atomic E-state index is 15.7. The molecule has 0 aliphatic rings. The number of carbonyl (C=O) groups excluding carboxylic acids is 2. The van der Waals surface area contributed by atoms with Gasteiger partial charge in [0, 0.05) is 10.0 Å². The van der Waals surface area contributed by atoms with E-state index in [4.69, 9.17) is 23.2 Å². The van der Waals surface area contributed by atoms with E-state index in [1.165, 1.54) is 30.3 Å². The molecule has 1 unspecified atom stereocenters. The van der Waals surface area contributed by atoms with Gasteiger partial charge in [0.1, 0.15) is 0 Å². The molecule has 7 heteroatoms. The molecule has 0 fully saturated rings. The number of methoxy groups -OCH3 is 2. The first-order chi connectivity index (χ1) is 12.8. The lowest BCUT2D eigenvalue weighted by atomic mass is 9.82. The van der Waals surface area contributed by atoms with E-state index >= 15 is 4.39 Å². The van der Waals surface area contributed by atoms with Gasteiger partial charge >= 0.3 is 17.6 Å². The van der Waals surface area contributed by atoms with Crippen LogP contribution in [0.3, 0.4) is 0 Å². The highest BCUT2D eigenvalue weighted by Crippen LogP contribution is 2.37. The molecule has 0 heterocycles. The van der Waals surface area contributed by atoms with Crippen LogP contribution in [-0.2, 0) is 19.1 Å². The second kappa shape index (κ2) is 9.02. The highest BCUT2D eigenvalue weighted by molar-refractivity contribution is 6.30. The summed E-state index contributed by atoms with van der Waals surface area (Å²) >= 11 is 11.7. The maximum Gasteiger partial charge on any atom is 0.356 e. The number of ether oxygens (including phenoxy) is 2. The summed E-state index contributed by atoms with van der Waals surface area (Å²) in [6.07, 6.45) is 2.98. The number of hydrogen-bond donors (Lipinski definition) is 0. The van der Waals surface area contributed by atoms with Crippen LogP contribution in [0.1, 0.15) is 17.0 Å². The van der Waals surface area contributed by atoms with Crippen LogP contribution < -0.4 is 0 Å². The SMILES string of the molecule is COC(=O)C(F)(C(=O)OC)C(/C=C/c1ccc(Cl)cc1)c1ccc(Cl)cc1. The van der Waals surface area contributed by atoms with Crippen LogP contribution in [0.15, 0.2) is 54.6 Å². The first-order valence-corrected chi connectivity index (χ1v) is 8.63. The minimum Gasteiger partial charge on any atom is -0.466 e. The average Bonchev–Trinajstić information content (AvgIpc) is 2.69. The normalized spacial score (nSPS) is 12.6. The van der Waals surface area contributed by atoms with Gasteiger partial charge in [0.25, 0.3) is 0 Å². The Kier molecular flexibility index (Phi) is 6.99. The van der Waals surface area contributed by atoms with Crippen LogP contribution in [0, 0.1) is 0 Å². The lowest BCUT2D eigenvalue weighted by molar-refractivity contribution is -0.172. The van der Waals surface area contributed by atoms with E-state index in [2.05, 4.69) is 9.47 Å². The van der Waals surface area contributed by atoms with Crippen molar-refractivity contribution in [1.29, 1.82) is 0 Å². The summed E-state index contributed by atoms with van der Waals surface area (Å²) in [7, 11) is 2.00. The number of carbonyl (C=O) groups is 2. The fourth-order valence-corrected chi connectivity index (χ4v) is 2.81. The molecule has 2 aromatic carbocycles. The van der Waals surface area contributed by atoms with Gasteiger partial charge in [-0.15, -0.1) is 0 Å². The largest absolute Gasteiger partial charge is 0.466 e. The van der Waals surface area contributed by atoms with Gasteiger partial charge in [0.15, 0.2) is 0 Å². The molecule has 2 rings (SSSR count). The van der Waals surface area contributed by atoms with Gasteiger partial charge in [0.2, 0.25) is 0 Å². The van der Waals surface area contributed by atoms with Gasteiger partial charge < -0.3 is 9.47 Å². The van der Waals surface area contributed by atoms with Crippen molar-refractivity contribution in [2.75, 3.05) is 14.2 Å². The monoisotopic (exact) mass is 410 g/mol. The minimum absolute atomic E-state index is 0.350. The number of benzene rings is 2. The lowest BCUT2D eigenvalue weighted by Crippen LogP contribution is -2.48. The number of halogens is 3. The van der Waals surface area contributed by atoms with Crippen molar-refractivity contribution in [1.82, 2.24) is 0 Å². The fraction of sp³-hybridized carbons (Fsp3) is 0.200. The van der Waals surface area contributed by atoms with Gasteiger partial charge in [-0.3, -0.25) is 0 Å².